The molecular weight excluding hydrogens is 412 g/mol. The first-order chi connectivity index (χ1) is 12.6. The Morgan fingerprint density at radius 2 is 2.00 bits per heavy atom. The van der Waals surface area contributed by atoms with Crippen LogP contribution in [0.15, 0.2) is 57.0 Å². The fourth-order valence-corrected chi connectivity index (χ4v) is 3.95. The van der Waals surface area contributed by atoms with E-state index in [1.165, 1.54) is 17.3 Å². The number of hydrogen-bond donors (Lipinski definition) is 1. The zero-order valence-corrected chi connectivity index (χ0v) is 16.8. The minimum absolute atomic E-state index is 0.151. The number of hydrogen-bond acceptors (Lipinski definition) is 5. The van der Waals surface area contributed by atoms with Crippen LogP contribution in [0.1, 0.15) is 24.2 Å². The van der Waals surface area contributed by atoms with Gasteiger partial charge in [0.25, 0.3) is 5.91 Å². The molecule has 2 aliphatic heterocycles. The third-order valence-electron chi connectivity index (χ3n) is 4.23. The molecule has 0 saturated heterocycles. The smallest absolute Gasteiger partial charge is 0.276 e. The summed E-state index contributed by atoms with van der Waals surface area (Å²) in [5, 5.41) is 11.5. The van der Waals surface area contributed by atoms with Crippen molar-refractivity contribution in [2.24, 2.45) is 10.1 Å². The molecule has 0 spiro atoms. The van der Waals surface area contributed by atoms with Gasteiger partial charge in [0.15, 0.2) is 11.3 Å². The van der Waals surface area contributed by atoms with E-state index in [0.717, 1.165) is 26.4 Å². The summed E-state index contributed by atoms with van der Waals surface area (Å²) in [5.41, 5.74) is 2.71. The maximum Gasteiger partial charge on any atom is 0.276 e. The lowest BCUT2D eigenvalue weighted by molar-refractivity contribution is -0.116. The molecule has 4 rings (SSSR count). The standard InChI is InChI=1S/C19H17BrN4OS/c1-3-26-19-22-18(25)16-14-10-13(20)8-9-15(14)21-17(24(16)23-19)12-6-4-11(2)5-7-12/h4-10,17H,3H2,1-2H3,(H,22,23,25). The van der Waals surface area contributed by atoms with Gasteiger partial charge in [-0.2, -0.15) is 0 Å². The lowest BCUT2D eigenvalue weighted by Crippen LogP contribution is -2.50. The molecule has 0 aliphatic carbocycles. The van der Waals surface area contributed by atoms with Crippen LogP contribution >= 0.6 is 27.7 Å². The fraction of sp³-hybridized carbons (Fsp3) is 0.211. The number of carbonyl (C=O) groups excluding carboxylic acids is 1. The van der Waals surface area contributed by atoms with Gasteiger partial charge in [0.05, 0.1) is 5.36 Å². The predicted octanol–water partition coefficient (Wildman–Crippen LogP) is 2.65. The average Bonchev–Trinajstić information content (AvgIpc) is 2.62. The van der Waals surface area contributed by atoms with Crippen LogP contribution in [0.4, 0.5) is 0 Å². The van der Waals surface area contributed by atoms with Gasteiger partial charge < -0.3 is 0 Å². The normalized spacial score (nSPS) is 18.5. The van der Waals surface area contributed by atoms with E-state index in [1.807, 2.05) is 37.3 Å². The molecule has 0 saturated carbocycles. The van der Waals surface area contributed by atoms with Crippen molar-refractivity contribution < 1.29 is 4.79 Å². The SMILES string of the molecule is CCSC1=NN2C(=c3cc(Br)ccc3=NC2c2ccc(C)cc2)C(=O)N1. The lowest BCUT2D eigenvalue weighted by Gasteiger charge is -2.34. The molecule has 2 aliphatic rings. The van der Waals surface area contributed by atoms with Crippen LogP contribution in [0.25, 0.3) is 5.70 Å². The Bertz CT molecular complexity index is 1030. The Kier molecular flexibility index (Phi) is 4.58. The number of aryl methyl sites for hydroxylation is 1. The molecule has 5 nitrogen and oxygen atoms in total. The van der Waals surface area contributed by atoms with E-state index in [2.05, 4.69) is 45.4 Å². The third kappa shape index (κ3) is 3.05. The minimum atomic E-state index is -0.363. The fourth-order valence-electron chi connectivity index (χ4n) is 3.01. The van der Waals surface area contributed by atoms with Crippen molar-refractivity contribution in [2.75, 3.05) is 5.75 Å². The van der Waals surface area contributed by atoms with Crippen molar-refractivity contribution in [3.63, 3.8) is 0 Å². The first-order valence-electron chi connectivity index (χ1n) is 8.33. The first kappa shape index (κ1) is 17.3. The molecule has 2 aromatic rings. The van der Waals surface area contributed by atoms with E-state index in [9.17, 15) is 4.79 Å². The summed E-state index contributed by atoms with van der Waals surface area (Å²) in [5.74, 6) is 0.679. The number of thioether (sulfide) groups is 1. The van der Waals surface area contributed by atoms with Crippen LogP contribution in [-0.2, 0) is 4.79 Å². The molecule has 0 radical (unpaired) electrons. The number of amidine groups is 1. The molecule has 1 atom stereocenters. The predicted molar refractivity (Wildman–Crippen MR) is 108 cm³/mol. The number of hydrazone groups is 1. The minimum Gasteiger partial charge on any atom is -0.298 e. The van der Waals surface area contributed by atoms with Gasteiger partial charge in [0.1, 0.15) is 5.70 Å². The largest absolute Gasteiger partial charge is 0.298 e. The molecule has 0 aromatic heterocycles. The Balaban J connectivity index is 1.96. The zero-order valence-electron chi connectivity index (χ0n) is 14.4. The highest BCUT2D eigenvalue weighted by atomic mass is 79.9. The molecule has 2 aromatic carbocycles. The second-order valence-corrected chi connectivity index (χ2v) is 8.23. The molecule has 7 heteroatoms. The van der Waals surface area contributed by atoms with Gasteiger partial charge in [-0.05, 0) is 36.4 Å². The Hall–Kier alpha value is -2.12. The van der Waals surface area contributed by atoms with Gasteiger partial charge in [-0.15, -0.1) is 5.10 Å². The number of benzene rings is 2. The van der Waals surface area contributed by atoms with E-state index in [0.29, 0.717) is 10.9 Å². The zero-order chi connectivity index (χ0) is 18.3. The van der Waals surface area contributed by atoms with Crippen molar-refractivity contribution in [2.45, 2.75) is 20.0 Å². The van der Waals surface area contributed by atoms with Gasteiger partial charge in [-0.3, -0.25) is 15.1 Å². The van der Waals surface area contributed by atoms with Crippen LogP contribution in [0, 0.1) is 6.92 Å². The summed E-state index contributed by atoms with van der Waals surface area (Å²) < 4.78 is 0.901. The van der Waals surface area contributed by atoms with Crippen molar-refractivity contribution >= 4 is 44.5 Å². The van der Waals surface area contributed by atoms with Crippen LogP contribution in [-0.4, -0.2) is 21.8 Å². The second-order valence-electron chi connectivity index (χ2n) is 6.06. The highest BCUT2D eigenvalue weighted by Gasteiger charge is 2.34. The number of halogens is 1. The lowest BCUT2D eigenvalue weighted by atomic mass is 10.1. The van der Waals surface area contributed by atoms with Gasteiger partial charge in [-0.1, -0.05) is 64.4 Å². The molecule has 1 N–H and O–H groups in total. The Morgan fingerprint density at radius 1 is 1.23 bits per heavy atom. The topological polar surface area (TPSA) is 57.1 Å². The van der Waals surface area contributed by atoms with Crippen molar-refractivity contribution in [1.29, 1.82) is 0 Å². The summed E-state index contributed by atoms with van der Waals surface area (Å²) in [6, 6.07) is 14.0. The summed E-state index contributed by atoms with van der Waals surface area (Å²) in [6.07, 6.45) is -0.363. The number of rotatable bonds is 2. The van der Waals surface area contributed by atoms with Gasteiger partial charge in [-0.25, -0.2) is 5.01 Å². The molecular formula is C19H17BrN4OS. The van der Waals surface area contributed by atoms with E-state index in [-0.39, 0.29) is 12.1 Å². The van der Waals surface area contributed by atoms with Crippen molar-refractivity contribution in [3.8, 4) is 0 Å². The molecule has 2 heterocycles. The monoisotopic (exact) mass is 428 g/mol. The Labute approximate surface area is 164 Å². The van der Waals surface area contributed by atoms with Crippen LogP contribution in [0.5, 0.6) is 0 Å². The molecule has 0 fully saturated rings. The van der Waals surface area contributed by atoms with E-state index >= 15 is 0 Å². The van der Waals surface area contributed by atoms with Crippen molar-refractivity contribution in [1.82, 2.24) is 10.3 Å². The van der Waals surface area contributed by atoms with Crippen molar-refractivity contribution in [3.05, 3.63) is 68.6 Å². The summed E-state index contributed by atoms with van der Waals surface area (Å²) in [4.78, 5) is 17.8. The molecule has 132 valence electrons. The molecule has 1 amide bonds. The van der Waals surface area contributed by atoms with E-state index in [1.54, 1.807) is 5.01 Å². The number of carbonyl (C=O) groups is 1. The number of amides is 1. The number of fused-ring (bicyclic) bond motifs is 2. The second kappa shape index (κ2) is 6.89. The third-order valence-corrected chi connectivity index (χ3v) is 5.47. The van der Waals surface area contributed by atoms with Gasteiger partial charge >= 0.3 is 0 Å². The molecule has 0 bridgehead atoms. The number of nitrogens with zero attached hydrogens (tertiary/aromatic N) is 3. The highest BCUT2D eigenvalue weighted by Crippen LogP contribution is 2.30. The average molecular weight is 429 g/mol. The van der Waals surface area contributed by atoms with Gasteiger partial charge in [0.2, 0.25) is 0 Å². The maximum atomic E-state index is 12.9. The quantitative estimate of drug-likeness (QED) is 0.799. The highest BCUT2D eigenvalue weighted by molar-refractivity contribution is 9.10. The van der Waals surface area contributed by atoms with Crippen LogP contribution in [0.2, 0.25) is 0 Å². The molecule has 1 unspecified atom stereocenters. The van der Waals surface area contributed by atoms with Crippen LogP contribution in [0.3, 0.4) is 0 Å². The summed E-state index contributed by atoms with van der Waals surface area (Å²) >= 11 is 4.99. The Morgan fingerprint density at radius 3 is 2.73 bits per heavy atom. The first-order valence-corrected chi connectivity index (χ1v) is 10.1. The number of nitrogens with one attached hydrogen (secondary N) is 1. The van der Waals surface area contributed by atoms with Gasteiger partial charge in [0, 0.05) is 9.69 Å². The maximum absolute atomic E-state index is 12.9. The van der Waals surface area contributed by atoms with Crippen LogP contribution < -0.4 is 15.9 Å². The summed E-state index contributed by atoms with van der Waals surface area (Å²) in [6.45, 7) is 4.08. The van der Waals surface area contributed by atoms with E-state index in [4.69, 9.17) is 4.99 Å². The molecule has 26 heavy (non-hydrogen) atoms. The van der Waals surface area contributed by atoms with E-state index < -0.39 is 0 Å². The summed E-state index contributed by atoms with van der Waals surface area (Å²) in [7, 11) is 0.